The van der Waals surface area contributed by atoms with Crippen LogP contribution >= 0.6 is 0 Å². The molecule has 102 valence electrons. The third-order valence-electron chi connectivity index (χ3n) is 3.79. The van der Waals surface area contributed by atoms with Crippen LogP contribution in [0.4, 0.5) is 0 Å². The Morgan fingerprint density at radius 3 is 2.59 bits per heavy atom. The van der Waals surface area contributed by atoms with E-state index in [9.17, 15) is 5.11 Å². The molecule has 1 aliphatic carbocycles. The Morgan fingerprint density at radius 2 is 2.00 bits per heavy atom. The van der Waals surface area contributed by atoms with Gasteiger partial charge in [0.05, 0.1) is 12.7 Å². The summed E-state index contributed by atoms with van der Waals surface area (Å²) in [5.74, 6) is 0.818. The van der Waals surface area contributed by atoms with Crippen LogP contribution in [0.3, 0.4) is 0 Å². The van der Waals surface area contributed by atoms with E-state index < -0.39 is 0 Å². The Labute approximate surface area is 106 Å². The summed E-state index contributed by atoms with van der Waals surface area (Å²) in [7, 11) is 1.63. The van der Waals surface area contributed by atoms with E-state index in [0.717, 1.165) is 5.92 Å². The number of hydrogen-bond acceptors (Lipinski definition) is 3. The molecule has 2 unspecified atom stereocenters. The Kier molecular flexibility index (Phi) is 7.82. The van der Waals surface area contributed by atoms with Gasteiger partial charge >= 0.3 is 0 Å². The molecule has 1 fully saturated rings. The van der Waals surface area contributed by atoms with Crippen LogP contribution in [0.1, 0.15) is 51.9 Å². The normalized spacial score (nSPS) is 21.4. The van der Waals surface area contributed by atoms with Crippen LogP contribution in [0.15, 0.2) is 0 Å². The molecule has 1 saturated carbocycles. The first kappa shape index (κ1) is 14.9. The van der Waals surface area contributed by atoms with Crippen molar-refractivity contribution < 1.29 is 9.84 Å². The molecule has 0 aromatic rings. The first-order valence-electron chi connectivity index (χ1n) is 7.18. The third-order valence-corrected chi connectivity index (χ3v) is 3.79. The highest BCUT2D eigenvalue weighted by Gasteiger charge is 2.23. The third kappa shape index (κ3) is 5.84. The van der Waals surface area contributed by atoms with Gasteiger partial charge in [0, 0.05) is 19.7 Å². The van der Waals surface area contributed by atoms with E-state index in [0.29, 0.717) is 19.2 Å². The van der Waals surface area contributed by atoms with Gasteiger partial charge in [-0.3, -0.25) is 0 Å². The molecule has 0 aromatic heterocycles. The molecule has 0 aliphatic heterocycles. The van der Waals surface area contributed by atoms with Crippen molar-refractivity contribution in [3.05, 3.63) is 0 Å². The van der Waals surface area contributed by atoms with Crippen LogP contribution in [0.2, 0.25) is 0 Å². The van der Waals surface area contributed by atoms with E-state index in [1.54, 1.807) is 7.11 Å². The maximum Gasteiger partial charge on any atom is 0.0897 e. The van der Waals surface area contributed by atoms with Gasteiger partial charge in [-0.25, -0.2) is 0 Å². The first-order valence-corrected chi connectivity index (χ1v) is 7.18. The molecule has 0 amide bonds. The fraction of sp³-hybridized carbons (Fsp3) is 1.00. The van der Waals surface area contributed by atoms with Crippen molar-refractivity contribution in [1.82, 2.24) is 5.32 Å². The number of hydrogen-bond donors (Lipinski definition) is 2. The lowest BCUT2D eigenvalue weighted by atomic mass is 9.82. The molecule has 3 heteroatoms. The lowest BCUT2D eigenvalue weighted by molar-refractivity contribution is 0.0598. The van der Waals surface area contributed by atoms with Gasteiger partial charge < -0.3 is 15.2 Å². The zero-order valence-corrected chi connectivity index (χ0v) is 11.5. The predicted molar refractivity (Wildman–Crippen MR) is 71.2 cm³/mol. The van der Waals surface area contributed by atoms with E-state index in [1.165, 1.54) is 44.9 Å². The smallest absolute Gasteiger partial charge is 0.0897 e. The van der Waals surface area contributed by atoms with Crippen LogP contribution in [0.25, 0.3) is 0 Å². The maximum atomic E-state index is 9.68. The summed E-state index contributed by atoms with van der Waals surface area (Å²) in [6, 6.07) is 0.590. The van der Waals surface area contributed by atoms with Crippen molar-refractivity contribution in [2.24, 2.45) is 5.92 Å². The van der Waals surface area contributed by atoms with E-state index in [4.69, 9.17) is 4.74 Å². The average molecular weight is 243 g/mol. The minimum absolute atomic E-state index is 0.372. The number of aliphatic hydroxyl groups is 1. The molecule has 0 aromatic carbocycles. The molecule has 1 aliphatic rings. The van der Waals surface area contributed by atoms with Gasteiger partial charge in [0.15, 0.2) is 0 Å². The Morgan fingerprint density at radius 1 is 1.29 bits per heavy atom. The Bertz CT molecular complexity index is 181. The molecule has 0 heterocycles. The number of ether oxygens (including phenoxy) is 1. The Hall–Kier alpha value is -0.120. The van der Waals surface area contributed by atoms with Gasteiger partial charge in [0.25, 0.3) is 0 Å². The lowest BCUT2D eigenvalue weighted by Crippen LogP contribution is -2.42. The molecule has 0 saturated heterocycles. The molecule has 0 bridgehead atoms. The van der Waals surface area contributed by atoms with Crippen LogP contribution in [-0.4, -0.2) is 37.5 Å². The largest absolute Gasteiger partial charge is 0.389 e. The quantitative estimate of drug-likeness (QED) is 0.687. The first-order chi connectivity index (χ1) is 8.27. The van der Waals surface area contributed by atoms with Crippen molar-refractivity contribution in [3.63, 3.8) is 0 Å². The number of nitrogens with one attached hydrogen (secondary N) is 1. The monoisotopic (exact) mass is 243 g/mol. The Balaban J connectivity index is 2.30. The fourth-order valence-electron chi connectivity index (χ4n) is 2.89. The molecule has 2 atom stereocenters. The summed E-state index contributed by atoms with van der Waals surface area (Å²) in [6.07, 6.45) is 8.96. The van der Waals surface area contributed by atoms with Gasteiger partial charge in [-0.1, -0.05) is 32.6 Å². The molecular formula is C14H29NO2. The van der Waals surface area contributed by atoms with E-state index in [-0.39, 0.29) is 6.10 Å². The number of aliphatic hydroxyl groups excluding tert-OH is 1. The minimum atomic E-state index is -0.372. The predicted octanol–water partition coefficient (Wildman–Crippen LogP) is 2.33. The molecular weight excluding hydrogens is 214 g/mol. The molecule has 1 rings (SSSR count). The van der Waals surface area contributed by atoms with Gasteiger partial charge in [-0.2, -0.15) is 0 Å². The van der Waals surface area contributed by atoms with Crippen molar-refractivity contribution >= 4 is 0 Å². The highest BCUT2D eigenvalue weighted by Crippen LogP contribution is 2.28. The lowest BCUT2D eigenvalue weighted by Gasteiger charge is -2.31. The van der Waals surface area contributed by atoms with Gasteiger partial charge in [-0.15, -0.1) is 0 Å². The summed E-state index contributed by atoms with van der Waals surface area (Å²) >= 11 is 0. The van der Waals surface area contributed by atoms with Crippen LogP contribution < -0.4 is 5.32 Å². The SMILES string of the molecule is CCCC(NCC(O)COC)C1CCCCC1. The maximum absolute atomic E-state index is 9.68. The molecule has 0 radical (unpaired) electrons. The molecule has 2 N–H and O–H groups in total. The van der Waals surface area contributed by atoms with Crippen molar-refractivity contribution in [1.29, 1.82) is 0 Å². The zero-order chi connectivity index (χ0) is 12.5. The summed E-state index contributed by atoms with van der Waals surface area (Å²) in [4.78, 5) is 0. The summed E-state index contributed by atoms with van der Waals surface area (Å²) in [6.45, 7) is 3.33. The topological polar surface area (TPSA) is 41.5 Å². The standard InChI is InChI=1S/C14H29NO2/c1-3-7-14(12-8-5-4-6-9-12)15-10-13(16)11-17-2/h12-16H,3-11H2,1-2H3. The highest BCUT2D eigenvalue weighted by atomic mass is 16.5. The number of rotatable bonds is 8. The van der Waals surface area contributed by atoms with Gasteiger partial charge in [0.1, 0.15) is 0 Å². The molecule has 17 heavy (non-hydrogen) atoms. The van der Waals surface area contributed by atoms with Gasteiger partial charge in [-0.05, 0) is 25.2 Å². The van der Waals surface area contributed by atoms with Crippen LogP contribution in [0, 0.1) is 5.92 Å². The molecule has 0 spiro atoms. The molecule has 3 nitrogen and oxygen atoms in total. The zero-order valence-electron chi connectivity index (χ0n) is 11.5. The van der Waals surface area contributed by atoms with Gasteiger partial charge in [0.2, 0.25) is 0 Å². The minimum Gasteiger partial charge on any atom is -0.389 e. The van der Waals surface area contributed by atoms with E-state index in [2.05, 4.69) is 12.2 Å². The fourth-order valence-corrected chi connectivity index (χ4v) is 2.89. The van der Waals surface area contributed by atoms with Crippen molar-refractivity contribution in [2.75, 3.05) is 20.3 Å². The van der Waals surface area contributed by atoms with Crippen molar-refractivity contribution in [2.45, 2.75) is 64.0 Å². The second-order valence-corrected chi connectivity index (χ2v) is 5.31. The van der Waals surface area contributed by atoms with E-state index in [1.807, 2.05) is 0 Å². The van der Waals surface area contributed by atoms with E-state index >= 15 is 0 Å². The average Bonchev–Trinajstić information content (AvgIpc) is 2.36. The second-order valence-electron chi connectivity index (χ2n) is 5.31. The second kappa shape index (κ2) is 8.90. The highest BCUT2D eigenvalue weighted by molar-refractivity contribution is 4.80. The summed E-state index contributed by atoms with van der Waals surface area (Å²) in [5.41, 5.74) is 0. The number of methoxy groups -OCH3 is 1. The summed E-state index contributed by atoms with van der Waals surface area (Å²) < 4.78 is 4.95. The van der Waals surface area contributed by atoms with Crippen LogP contribution in [-0.2, 0) is 4.74 Å². The van der Waals surface area contributed by atoms with Crippen molar-refractivity contribution in [3.8, 4) is 0 Å². The van der Waals surface area contributed by atoms with Crippen LogP contribution in [0.5, 0.6) is 0 Å². The summed E-state index contributed by atoms with van der Waals surface area (Å²) in [5, 5.41) is 13.2.